The minimum atomic E-state index is 0.272. The smallest absolute Gasteiger partial charge is 0.0663 e. The van der Waals surface area contributed by atoms with E-state index < -0.39 is 0 Å². The summed E-state index contributed by atoms with van der Waals surface area (Å²) in [4.78, 5) is 0. The molecule has 84 valence electrons. The quantitative estimate of drug-likeness (QED) is 0.854. The standard InChI is InChI=1S/C11H15Cl2NO/c1-3-9(7-15-2)14-11-5-4-8(12)6-10(11)13/h4-6,9,14H,3,7H2,1-2H3. The molecule has 0 bridgehead atoms. The molecule has 1 N–H and O–H groups in total. The molecule has 15 heavy (non-hydrogen) atoms. The molecule has 0 aliphatic rings. The molecule has 0 aliphatic carbocycles. The van der Waals surface area contributed by atoms with Crippen LogP contribution in [0.25, 0.3) is 0 Å². The lowest BCUT2D eigenvalue weighted by Crippen LogP contribution is -2.23. The third kappa shape index (κ3) is 3.90. The Bertz CT molecular complexity index is 317. The van der Waals surface area contributed by atoms with E-state index in [2.05, 4.69) is 12.2 Å². The van der Waals surface area contributed by atoms with Crippen molar-refractivity contribution in [1.82, 2.24) is 0 Å². The van der Waals surface area contributed by atoms with Crippen molar-refractivity contribution < 1.29 is 4.74 Å². The maximum absolute atomic E-state index is 6.04. The van der Waals surface area contributed by atoms with Crippen molar-refractivity contribution in [3.8, 4) is 0 Å². The minimum absolute atomic E-state index is 0.272. The first-order valence-corrected chi connectivity index (χ1v) is 5.63. The zero-order valence-corrected chi connectivity index (χ0v) is 10.4. The van der Waals surface area contributed by atoms with Crippen LogP contribution < -0.4 is 5.32 Å². The highest BCUT2D eigenvalue weighted by Crippen LogP contribution is 2.26. The van der Waals surface area contributed by atoms with Crippen molar-refractivity contribution >= 4 is 28.9 Å². The summed E-state index contributed by atoms with van der Waals surface area (Å²) in [7, 11) is 1.69. The van der Waals surface area contributed by atoms with E-state index in [9.17, 15) is 0 Å². The lowest BCUT2D eigenvalue weighted by atomic mass is 10.2. The first-order valence-electron chi connectivity index (χ1n) is 4.88. The molecule has 0 amide bonds. The Balaban J connectivity index is 2.70. The Hall–Kier alpha value is -0.440. The molecule has 0 heterocycles. The van der Waals surface area contributed by atoms with Gasteiger partial charge < -0.3 is 10.1 Å². The van der Waals surface area contributed by atoms with Gasteiger partial charge in [-0.1, -0.05) is 30.1 Å². The van der Waals surface area contributed by atoms with E-state index in [-0.39, 0.29) is 6.04 Å². The van der Waals surface area contributed by atoms with Crippen LogP contribution in [0.1, 0.15) is 13.3 Å². The maximum Gasteiger partial charge on any atom is 0.0663 e. The lowest BCUT2D eigenvalue weighted by molar-refractivity contribution is 0.184. The summed E-state index contributed by atoms with van der Waals surface area (Å²) in [6.45, 7) is 2.76. The Kier molecular flexibility index (Phi) is 5.23. The van der Waals surface area contributed by atoms with Crippen LogP contribution in [-0.4, -0.2) is 19.8 Å². The van der Waals surface area contributed by atoms with Crippen molar-refractivity contribution in [2.24, 2.45) is 0 Å². The Morgan fingerprint density at radius 2 is 2.13 bits per heavy atom. The fourth-order valence-corrected chi connectivity index (χ4v) is 1.75. The molecule has 0 saturated heterocycles. The lowest BCUT2D eigenvalue weighted by Gasteiger charge is -2.18. The van der Waals surface area contributed by atoms with Gasteiger partial charge in [0.1, 0.15) is 0 Å². The first kappa shape index (κ1) is 12.6. The van der Waals surface area contributed by atoms with Crippen molar-refractivity contribution in [1.29, 1.82) is 0 Å². The molecule has 1 atom stereocenters. The van der Waals surface area contributed by atoms with Crippen molar-refractivity contribution in [2.75, 3.05) is 19.0 Å². The Labute approximate surface area is 101 Å². The third-order valence-corrected chi connectivity index (χ3v) is 2.70. The van der Waals surface area contributed by atoms with Crippen molar-refractivity contribution in [2.45, 2.75) is 19.4 Å². The number of hydrogen-bond donors (Lipinski definition) is 1. The van der Waals surface area contributed by atoms with Gasteiger partial charge in [0.15, 0.2) is 0 Å². The Morgan fingerprint density at radius 3 is 2.67 bits per heavy atom. The molecule has 1 rings (SSSR count). The van der Waals surface area contributed by atoms with Gasteiger partial charge in [-0.3, -0.25) is 0 Å². The molecule has 0 saturated carbocycles. The topological polar surface area (TPSA) is 21.3 Å². The average molecular weight is 248 g/mol. The number of methoxy groups -OCH3 is 1. The van der Waals surface area contributed by atoms with Gasteiger partial charge in [-0.25, -0.2) is 0 Å². The predicted molar refractivity (Wildman–Crippen MR) is 66.0 cm³/mol. The van der Waals surface area contributed by atoms with Crippen LogP contribution in [0, 0.1) is 0 Å². The number of nitrogens with one attached hydrogen (secondary N) is 1. The van der Waals surface area contributed by atoms with E-state index in [1.54, 1.807) is 13.2 Å². The predicted octanol–water partition coefficient (Wildman–Crippen LogP) is 3.83. The Morgan fingerprint density at radius 1 is 1.40 bits per heavy atom. The monoisotopic (exact) mass is 247 g/mol. The van der Waals surface area contributed by atoms with E-state index >= 15 is 0 Å². The number of ether oxygens (including phenoxy) is 1. The molecular weight excluding hydrogens is 233 g/mol. The second-order valence-corrected chi connectivity index (χ2v) is 4.17. The SMILES string of the molecule is CCC(COC)Nc1ccc(Cl)cc1Cl. The summed E-state index contributed by atoms with van der Waals surface area (Å²) >= 11 is 11.9. The van der Waals surface area contributed by atoms with Crippen LogP contribution in [-0.2, 0) is 4.74 Å². The highest BCUT2D eigenvalue weighted by molar-refractivity contribution is 6.36. The highest BCUT2D eigenvalue weighted by Gasteiger charge is 2.08. The number of halogens is 2. The third-order valence-electron chi connectivity index (χ3n) is 2.15. The molecule has 0 radical (unpaired) electrons. The van der Waals surface area contributed by atoms with Crippen LogP contribution in [0.15, 0.2) is 18.2 Å². The van der Waals surface area contributed by atoms with Crippen molar-refractivity contribution in [3.63, 3.8) is 0 Å². The molecule has 2 nitrogen and oxygen atoms in total. The molecule has 1 aromatic rings. The summed E-state index contributed by atoms with van der Waals surface area (Å²) in [6.07, 6.45) is 0.979. The summed E-state index contributed by atoms with van der Waals surface area (Å²) in [6, 6.07) is 5.69. The molecule has 0 aliphatic heterocycles. The summed E-state index contributed by atoms with van der Waals surface area (Å²) in [5.41, 5.74) is 0.893. The minimum Gasteiger partial charge on any atom is -0.383 e. The maximum atomic E-state index is 6.04. The van der Waals surface area contributed by atoms with E-state index in [0.717, 1.165) is 12.1 Å². The first-order chi connectivity index (χ1) is 7.17. The van der Waals surface area contributed by atoms with Crippen LogP contribution >= 0.6 is 23.2 Å². The van der Waals surface area contributed by atoms with Gasteiger partial charge in [0.05, 0.1) is 17.3 Å². The molecule has 0 spiro atoms. The highest BCUT2D eigenvalue weighted by atomic mass is 35.5. The van der Waals surface area contributed by atoms with Crippen LogP contribution in [0.3, 0.4) is 0 Å². The fourth-order valence-electron chi connectivity index (χ4n) is 1.29. The normalized spacial score (nSPS) is 12.5. The number of hydrogen-bond acceptors (Lipinski definition) is 2. The second kappa shape index (κ2) is 6.21. The summed E-state index contributed by atoms with van der Waals surface area (Å²) in [5, 5.41) is 4.59. The summed E-state index contributed by atoms with van der Waals surface area (Å²) < 4.78 is 5.10. The number of anilines is 1. The van der Waals surface area contributed by atoms with Crippen LogP contribution in [0.2, 0.25) is 10.0 Å². The van der Waals surface area contributed by atoms with E-state index in [1.807, 2.05) is 12.1 Å². The van der Waals surface area contributed by atoms with E-state index in [4.69, 9.17) is 27.9 Å². The molecule has 1 unspecified atom stereocenters. The molecule has 0 fully saturated rings. The van der Waals surface area contributed by atoms with E-state index in [0.29, 0.717) is 16.7 Å². The molecule has 1 aromatic carbocycles. The fraction of sp³-hybridized carbons (Fsp3) is 0.455. The zero-order valence-electron chi connectivity index (χ0n) is 8.89. The van der Waals surface area contributed by atoms with Gasteiger partial charge in [-0.2, -0.15) is 0 Å². The number of benzene rings is 1. The average Bonchev–Trinajstić information content (AvgIpc) is 2.21. The van der Waals surface area contributed by atoms with Gasteiger partial charge in [0, 0.05) is 18.2 Å². The largest absolute Gasteiger partial charge is 0.383 e. The van der Waals surface area contributed by atoms with Gasteiger partial charge in [-0.15, -0.1) is 0 Å². The van der Waals surface area contributed by atoms with Crippen molar-refractivity contribution in [3.05, 3.63) is 28.2 Å². The molecule has 0 aromatic heterocycles. The van der Waals surface area contributed by atoms with Gasteiger partial charge in [0.2, 0.25) is 0 Å². The molecular formula is C11H15Cl2NO. The van der Waals surface area contributed by atoms with Gasteiger partial charge >= 0.3 is 0 Å². The zero-order chi connectivity index (χ0) is 11.3. The number of rotatable bonds is 5. The van der Waals surface area contributed by atoms with Crippen LogP contribution in [0.5, 0.6) is 0 Å². The second-order valence-electron chi connectivity index (χ2n) is 3.33. The van der Waals surface area contributed by atoms with E-state index in [1.165, 1.54) is 0 Å². The van der Waals surface area contributed by atoms with Gasteiger partial charge in [-0.05, 0) is 24.6 Å². The summed E-state index contributed by atoms with van der Waals surface area (Å²) in [5.74, 6) is 0. The van der Waals surface area contributed by atoms with Gasteiger partial charge in [0.25, 0.3) is 0 Å². The molecule has 4 heteroatoms. The van der Waals surface area contributed by atoms with Crippen LogP contribution in [0.4, 0.5) is 5.69 Å².